The summed E-state index contributed by atoms with van der Waals surface area (Å²) in [5.74, 6) is -9.46. The Labute approximate surface area is 275 Å². The molecule has 0 saturated heterocycles. The molecule has 0 unspecified atom stereocenters. The van der Waals surface area contributed by atoms with E-state index in [2.05, 4.69) is 10.2 Å². The van der Waals surface area contributed by atoms with E-state index in [4.69, 9.17) is 26.2 Å². The number of carbonyl (C=O) groups excluding carboxylic acids is 2. The number of aryl methyl sites for hydroxylation is 1. The van der Waals surface area contributed by atoms with Gasteiger partial charge in [-0.15, -0.1) is 0 Å². The minimum atomic E-state index is -6.40. The van der Waals surface area contributed by atoms with Gasteiger partial charge in [0.1, 0.15) is 17.7 Å². The number of benzene rings is 1. The Kier molecular flexibility index (Phi) is 9.42. The first-order valence-electron chi connectivity index (χ1n) is 13.7. The molecule has 1 saturated carbocycles. The normalized spacial score (nSPS) is 14.6. The van der Waals surface area contributed by atoms with E-state index in [0.29, 0.717) is 11.7 Å². The van der Waals surface area contributed by atoms with E-state index < -0.39 is 77.7 Å². The van der Waals surface area contributed by atoms with E-state index in [1.54, 1.807) is 0 Å². The van der Waals surface area contributed by atoms with Crippen molar-refractivity contribution in [1.82, 2.24) is 24.5 Å². The van der Waals surface area contributed by atoms with Crippen molar-refractivity contribution in [1.29, 1.82) is 5.26 Å². The second kappa shape index (κ2) is 12.5. The van der Waals surface area contributed by atoms with E-state index in [1.807, 2.05) is 6.07 Å². The van der Waals surface area contributed by atoms with Gasteiger partial charge in [0.05, 0.1) is 28.3 Å². The van der Waals surface area contributed by atoms with E-state index in [1.165, 1.54) is 26.0 Å². The molecule has 1 amide bonds. The van der Waals surface area contributed by atoms with Gasteiger partial charge >= 0.3 is 30.4 Å². The number of hydrogen-bond donors (Lipinski definition) is 1. The van der Waals surface area contributed by atoms with Crippen molar-refractivity contribution in [2.24, 2.45) is 12.5 Å². The fraction of sp³-hybridized carbons (Fsp3) is 0.429. The van der Waals surface area contributed by atoms with E-state index in [0.717, 1.165) is 23.4 Å². The second-order valence-electron chi connectivity index (χ2n) is 11.5. The van der Waals surface area contributed by atoms with Gasteiger partial charge in [-0.25, -0.2) is 14.2 Å². The van der Waals surface area contributed by atoms with Gasteiger partial charge in [-0.05, 0) is 44.4 Å². The van der Waals surface area contributed by atoms with Gasteiger partial charge in [0, 0.05) is 18.8 Å². The average molecular weight is 727 g/mol. The van der Waals surface area contributed by atoms with Crippen LogP contribution < -0.4 is 0 Å². The number of halogens is 9. The topological polar surface area (TPSA) is 153 Å². The standard InChI is InChI=1S/C28H23ClF8N6O6/c1-24(2,22(45)46)12-48-23(47)49-13-42(25(11-38)6-7-25)21(44)16-8-14(4-5-17(16)29)15-9-39-43(10-15)20-18(27(32,33)34)19(40-41(20)3)26(30,31)28(35,36)37/h4-5,8-10H,6-7,12-13H2,1-3H3,(H,45,46). The lowest BCUT2D eigenvalue weighted by atomic mass is 9.95. The summed E-state index contributed by atoms with van der Waals surface area (Å²) in [6, 6.07) is 5.57. The smallest absolute Gasteiger partial charge is 0.481 e. The van der Waals surface area contributed by atoms with Crippen LogP contribution in [0.25, 0.3) is 16.9 Å². The van der Waals surface area contributed by atoms with E-state index in [-0.39, 0.29) is 39.2 Å². The largest absolute Gasteiger partial charge is 0.510 e. The predicted molar refractivity (Wildman–Crippen MR) is 148 cm³/mol. The summed E-state index contributed by atoms with van der Waals surface area (Å²) in [5, 5.41) is 25.3. The van der Waals surface area contributed by atoms with Crippen molar-refractivity contribution >= 4 is 29.6 Å². The number of rotatable bonds is 10. The number of ether oxygens (including phenoxy) is 2. The number of aliphatic carboxylic acids is 1. The monoisotopic (exact) mass is 726 g/mol. The van der Waals surface area contributed by atoms with Crippen molar-refractivity contribution in [2.45, 2.75) is 50.5 Å². The Morgan fingerprint density at radius 2 is 1.71 bits per heavy atom. The fourth-order valence-corrected chi connectivity index (χ4v) is 4.59. The molecule has 49 heavy (non-hydrogen) atoms. The van der Waals surface area contributed by atoms with Crippen molar-refractivity contribution in [3.05, 3.63) is 52.4 Å². The van der Waals surface area contributed by atoms with Crippen LogP contribution in [0.3, 0.4) is 0 Å². The molecule has 0 atom stereocenters. The first-order chi connectivity index (χ1) is 22.5. The number of aromatic nitrogens is 4. The van der Waals surface area contributed by atoms with Crippen LogP contribution in [-0.2, 0) is 33.4 Å². The van der Waals surface area contributed by atoms with Crippen molar-refractivity contribution < 1.29 is 64.1 Å². The Morgan fingerprint density at radius 1 is 1.08 bits per heavy atom. The Bertz CT molecular complexity index is 1840. The van der Waals surface area contributed by atoms with Crippen LogP contribution in [0, 0.1) is 16.7 Å². The van der Waals surface area contributed by atoms with E-state index in [9.17, 15) is 54.8 Å². The van der Waals surface area contributed by atoms with Crippen molar-refractivity contribution in [2.75, 3.05) is 13.3 Å². The molecular weight excluding hydrogens is 704 g/mol. The SMILES string of the molecule is Cn1nc(C(F)(F)C(F)(F)F)c(C(F)(F)F)c1-n1cc(-c2ccc(Cl)c(C(=O)N(COC(=O)OCC(C)(C)C(=O)O)C3(C#N)CC3)c2)cn1. The lowest BCUT2D eigenvalue weighted by Crippen LogP contribution is -2.43. The summed E-state index contributed by atoms with van der Waals surface area (Å²) in [4.78, 5) is 38.0. The van der Waals surface area contributed by atoms with Crippen molar-refractivity contribution in [3.63, 3.8) is 0 Å². The molecule has 21 heteroatoms. The van der Waals surface area contributed by atoms with E-state index >= 15 is 0 Å². The highest BCUT2D eigenvalue weighted by molar-refractivity contribution is 6.34. The summed E-state index contributed by atoms with van der Waals surface area (Å²) in [5.41, 5.74) is -8.16. The summed E-state index contributed by atoms with van der Waals surface area (Å²) < 4.78 is 120. The molecule has 12 nitrogen and oxygen atoms in total. The second-order valence-corrected chi connectivity index (χ2v) is 11.9. The minimum absolute atomic E-state index is 0.0496. The third-order valence-corrected chi connectivity index (χ3v) is 7.75. The summed E-state index contributed by atoms with van der Waals surface area (Å²) in [6.45, 7) is 1.14. The molecule has 1 N–H and O–H groups in total. The molecule has 264 valence electrons. The summed E-state index contributed by atoms with van der Waals surface area (Å²) in [6.07, 6.45) is -11.4. The maximum atomic E-state index is 14.1. The van der Waals surface area contributed by atoms with Crippen LogP contribution >= 0.6 is 11.6 Å². The molecular formula is C28H23ClF8N6O6. The zero-order valence-corrected chi connectivity index (χ0v) is 26.0. The molecule has 1 aliphatic carbocycles. The Morgan fingerprint density at radius 3 is 2.24 bits per heavy atom. The lowest BCUT2D eigenvalue weighted by molar-refractivity contribution is -0.292. The third kappa shape index (κ3) is 7.11. The van der Waals surface area contributed by atoms with Gasteiger partial charge < -0.3 is 14.6 Å². The van der Waals surface area contributed by atoms with Crippen LogP contribution in [-0.4, -0.2) is 72.7 Å². The number of alkyl halides is 8. The highest BCUT2D eigenvalue weighted by Gasteiger charge is 2.64. The Balaban J connectivity index is 1.67. The van der Waals surface area contributed by atoms with Crippen LogP contribution in [0.15, 0.2) is 30.6 Å². The molecule has 4 rings (SSSR count). The van der Waals surface area contributed by atoms with Gasteiger partial charge in [-0.2, -0.15) is 50.6 Å². The first-order valence-corrected chi connectivity index (χ1v) is 14.0. The number of carboxylic acid groups (broad SMARTS) is 1. The maximum Gasteiger partial charge on any atom is 0.510 e. The highest BCUT2D eigenvalue weighted by Crippen LogP contribution is 2.49. The minimum Gasteiger partial charge on any atom is -0.481 e. The Hall–Kier alpha value is -4.93. The van der Waals surface area contributed by atoms with Crippen LogP contribution in [0.5, 0.6) is 0 Å². The number of carbonyl (C=O) groups is 3. The molecule has 1 aromatic carbocycles. The molecule has 0 bridgehead atoms. The molecule has 0 spiro atoms. The van der Waals surface area contributed by atoms with Gasteiger partial charge in [0.15, 0.2) is 18.2 Å². The third-order valence-electron chi connectivity index (χ3n) is 7.42. The summed E-state index contributed by atoms with van der Waals surface area (Å²) >= 11 is 6.26. The number of carboxylic acids is 1. The average Bonchev–Trinajstić information content (AvgIpc) is 3.46. The molecule has 3 aromatic rings. The van der Waals surface area contributed by atoms with Gasteiger partial charge in [-0.3, -0.25) is 14.5 Å². The number of nitriles is 1. The van der Waals surface area contributed by atoms with Crippen LogP contribution in [0.1, 0.15) is 48.3 Å². The van der Waals surface area contributed by atoms with Crippen molar-refractivity contribution in [3.8, 4) is 23.0 Å². The lowest BCUT2D eigenvalue weighted by Gasteiger charge is -2.27. The maximum absolute atomic E-state index is 14.1. The first kappa shape index (κ1) is 36.9. The zero-order valence-electron chi connectivity index (χ0n) is 25.3. The zero-order chi connectivity index (χ0) is 36.9. The predicted octanol–water partition coefficient (Wildman–Crippen LogP) is 6.32. The number of hydrogen-bond acceptors (Lipinski definition) is 8. The van der Waals surface area contributed by atoms with Crippen LogP contribution in [0.4, 0.5) is 39.9 Å². The molecule has 2 aromatic heterocycles. The molecule has 1 fully saturated rings. The van der Waals surface area contributed by atoms with Gasteiger partial charge in [0.2, 0.25) is 0 Å². The van der Waals surface area contributed by atoms with Gasteiger partial charge in [0.25, 0.3) is 5.91 Å². The van der Waals surface area contributed by atoms with Crippen LogP contribution in [0.2, 0.25) is 5.02 Å². The quantitative estimate of drug-likeness (QED) is 0.144. The highest BCUT2D eigenvalue weighted by atomic mass is 35.5. The molecule has 2 heterocycles. The molecule has 0 radical (unpaired) electrons. The molecule has 0 aliphatic heterocycles. The van der Waals surface area contributed by atoms with Gasteiger partial charge in [-0.1, -0.05) is 17.7 Å². The fourth-order valence-electron chi connectivity index (χ4n) is 4.39. The number of amides is 1. The molecule has 1 aliphatic rings. The summed E-state index contributed by atoms with van der Waals surface area (Å²) in [7, 11) is 0.712. The number of nitrogens with zero attached hydrogens (tertiary/aromatic N) is 6.